The van der Waals surface area contributed by atoms with Gasteiger partial charge in [0.1, 0.15) is 11.9 Å². The maximum absolute atomic E-state index is 12.5. The SMILES string of the molecule is CCC(C)CN1C(=O)C(CC)NC1c1ccc(OC)cc1. The number of ether oxygens (including phenoxy) is 1. The van der Waals surface area contributed by atoms with Crippen molar-refractivity contribution in [3.8, 4) is 5.75 Å². The maximum atomic E-state index is 12.5. The first-order valence-electron chi connectivity index (χ1n) is 7.81. The molecule has 0 aliphatic carbocycles. The predicted octanol–water partition coefficient (Wildman–Crippen LogP) is 2.95. The van der Waals surface area contributed by atoms with Crippen LogP contribution in [0.25, 0.3) is 0 Å². The molecule has 1 aromatic rings. The number of hydrogen-bond acceptors (Lipinski definition) is 3. The third kappa shape index (κ3) is 3.38. The summed E-state index contributed by atoms with van der Waals surface area (Å²) in [5.41, 5.74) is 1.11. The summed E-state index contributed by atoms with van der Waals surface area (Å²) in [5, 5.41) is 3.46. The summed E-state index contributed by atoms with van der Waals surface area (Å²) in [4.78, 5) is 14.5. The molecule has 1 fully saturated rings. The molecule has 0 bridgehead atoms. The minimum atomic E-state index is -0.0684. The lowest BCUT2D eigenvalue weighted by atomic mass is 10.1. The lowest BCUT2D eigenvalue weighted by Gasteiger charge is -2.27. The van der Waals surface area contributed by atoms with Crippen LogP contribution in [0.4, 0.5) is 0 Å². The van der Waals surface area contributed by atoms with Crippen molar-refractivity contribution >= 4 is 5.91 Å². The Morgan fingerprint density at radius 3 is 2.48 bits per heavy atom. The van der Waals surface area contributed by atoms with E-state index in [2.05, 4.69) is 19.2 Å². The monoisotopic (exact) mass is 290 g/mol. The quantitative estimate of drug-likeness (QED) is 0.876. The van der Waals surface area contributed by atoms with Gasteiger partial charge >= 0.3 is 0 Å². The van der Waals surface area contributed by atoms with Gasteiger partial charge in [0, 0.05) is 6.54 Å². The first-order chi connectivity index (χ1) is 10.1. The van der Waals surface area contributed by atoms with Gasteiger partial charge in [0.2, 0.25) is 5.91 Å². The number of carbonyl (C=O) groups excluding carboxylic acids is 1. The van der Waals surface area contributed by atoms with Gasteiger partial charge in [0.25, 0.3) is 0 Å². The molecule has 3 atom stereocenters. The van der Waals surface area contributed by atoms with E-state index in [9.17, 15) is 4.79 Å². The summed E-state index contributed by atoms with van der Waals surface area (Å²) < 4.78 is 5.20. The molecule has 1 aromatic carbocycles. The van der Waals surface area contributed by atoms with Crippen molar-refractivity contribution in [3.63, 3.8) is 0 Å². The molecule has 116 valence electrons. The van der Waals surface area contributed by atoms with Gasteiger partial charge in [-0.3, -0.25) is 10.1 Å². The molecular weight excluding hydrogens is 264 g/mol. The lowest BCUT2D eigenvalue weighted by Crippen LogP contribution is -2.34. The molecule has 1 aliphatic rings. The van der Waals surface area contributed by atoms with Crippen molar-refractivity contribution in [2.45, 2.75) is 45.8 Å². The van der Waals surface area contributed by atoms with E-state index in [1.807, 2.05) is 36.1 Å². The molecular formula is C17H26N2O2. The van der Waals surface area contributed by atoms with Gasteiger partial charge in [0.15, 0.2) is 0 Å². The highest BCUT2D eigenvalue weighted by Crippen LogP contribution is 2.28. The first kappa shape index (κ1) is 15.8. The average Bonchev–Trinajstić information content (AvgIpc) is 2.83. The highest BCUT2D eigenvalue weighted by atomic mass is 16.5. The Balaban J connectivity index is 2.22. The molecule has 0 aromatic heterocycles. The van der Waals surface area contributed by atoms with Gasteiger partial charge in [0.05, 0.1) is 13.2 Å². The van der Waals surface area contributed by atoms with E-state index < -0.39 is 0 Å². The minimum Gasteiger partial charge on any atom is -0.497 e. The largest absolute Gasteiger partial charge is 0.497 e. The summed E-state index contributed by atoms with van der Waals surface area (Å²) in [7, 11) is 1.66. The number of hydrogen-bond donors (Lipinski definition) is 1. The van der Waals surface area contributed by atoms with Gasteiger partial charge in [-0.05, 0) is 30.0 Å². The number of benzene rings is 1. The van der Waals surface area contributed by atoms with Crippen molar-refractivity contribution in [1.82, 2.24) is 10.2 Å². The average molecular weight is 290 g/mol. The molecule has 21 heavy (non-hydrogen) atoms. The molecule has 1 amide bonds. The van der Waals surface area contributed by atoms with Crippen LogP contribution < -0.4 is 10.1 Å². The van der Waals surface area contributed by atoms with Crippen LogP contribution in [0.2, 0.25) is 0 Å². The molecule has 4 nitrogen and oxygen atoms in total. The van der Waals surface area contributed by atoms with Crippen LogP contribution >= 0.6 is 0 Å². The molecule has 1 aliphatic heterocycles. The number of nitrogens with one attached hydrogen (secondary N) is 1. The van der Waals surface area contributed by atoms with Crippen LogP contribution in [-0.4, -0.2) is 30.5 Å². The number of amides is 1. The molecule has 1 N–H and O–H groups in total. The van der Waals surface area contributed by atoms with Crippen molar-refractivity contribution in [2.24, 2.45) is 5.92 Å². The van der Waals surface area contributed by atoms with E-state index in [4.69, 9.17) is 4.74 Å². The van der Waals surface area contributed by atoms with Gasteiger partial charge in [-0.2, -0.15) is 0 Å². The smallest absolute Gasteiger partial charge is 0.241 e. The molecule has 3 unspecified atom stereocenters. The summed E-state index contributed by atoms with van der Waals surface area (Å²) in [5.74, 6) is 1.56. The second kappa shape index (κ2) is 6.94. The Morgan fingerprint density at radius 2 is 1.95 bits per heavy atom. The Labute approximate surface area is 127 Å². The van der Waals surface area contributed by atoms with Crippen molar-refractivity contribution in [2.75, 3.05) is 13.7 Å². The van der Waals surface area contributed by atoms with Gasteiger partial charge < -0.3 is 9.64 Å². The Kier molecular flexibility index (Phi) is 5.23. The van der Waals surface area contributed by atoms with Crippen LogP contribution in [0.15, 0.2) is 24.3 Å². The van der Waals surface area contributed by atoms with E-state index in [1.54, 1.807) is 7.11 Å². The molecule has 0 radical (unpaired) electrons. The molecule has 1 saturated heterocycles. The molecule has 4 heteroatoms. The van der Waals surface area contributed by atoms with E-state index >= 15 is 0 Å². The topological polar surface area (TPSA) is 41.6 Å². The third-order valence-corrected chi connectivity index (χ3v) is 4.30. The minimum absolute atomic E-state index is 0.0256. The molecule has 0 saturated carbocycles. The number of rotatable bonds is 6. The number of methoxy groups -OCH3 is 1. The first-order valence-corrected chi connectivity index (χ1v) is 7.81. The van der Waals surface area contributed by atoms with E-state index in [1.165, 1.54) is 0 Å². The van der Waals surface area contributed by atoms with Crippen LogP contribution in [-0.2, 0) is 4.79 Å². The Morgan fingerprint density at radius 1 is 1.29 bits per heavy atom. The van der Waals surface area contributed by atoms with Crippen molar-refractivity contribution in [3.05, 3.63) is 29.8 Å². The fourth-order valence-electron chi connectivity index (χ4n) is 2.69. The van der Waals surface area contributed by atoms with E-state index in [0.717, 1.165) is 30.7 Å². The molecule has 2 rings (SSSR count). The third-order valence-electron chi connectivity index (χ3n) is 4.30. The van der Waals surface area contributed by atoms with Crippen molar-refractivity contribution < 1.29 is 9.53 Å². The highest BCUT2D eigenvalue weighted by molar-refractivity contribution is 5.84. The zero-order valence-electron chi connectivity index (χ0n) is 13.4. The van der Waals surface area contributed by atoms with E-state index in [-0.39, 0.29) is 18.1 Å². The fraction of sp³-hybridized carbons (Fsp3) is 0.588. The second-order valence-corrected chi connectivity index (χ2v) is 5.81. The van der Waals surface area contributed by atoms with Crippen LogP contribution in [0.3, 0.4) is 0 Å². The summed E-state index contributed by atoms with van der Waals surface area (Å²) in [6.45, 7) is 7.21. The van der Waals surface area contributed by atoms with Crippen LogP contribution in [0.5, 0.6) is 5.75 Å². The van der Waals surface area contributed by atoms with Gasteiger partial charge in [-0.15, -0.1) is 0 Å². The molecule has 1 heterocycles. The molecule has 0 spiro atoms. The lowest BCUT2D eigenvalue weighted by molar-refractivity contribution is -0.130. The number of nitrogens with zero attached hydrogens (tertiary/aromatic N) is 1. The van der Waals surface area contributed by atoms with E-state index in [0.29, 0.717) is 5.92 Å². The number of carbonyl (C=O) groups is 1. The normalized spacial score (nSPS) is 23.4. The Hall–Kier alpha value is -1.55. The summed E-state index contributed by atoms with van der Waals surface area (Å²) >= 11 is 0. The summed E-state index contributed by atoms with van der Waals surface area (Å²) in [6, 6.07) is 7.89. The second-order valence-electron chi connectivity index (χ2n) is 5.81. The fourth-order valence-corrected chi connectivity index (χ4v) is 2.69. The zero-order chi connectivity index (χ0) is 15.4. The van der Waals surface area contributed by atoms with Crippen LogP contribution in [0.1, 0.15) is 45.3 Å². The highest BCUT2D eigenvalue weighted by Gasteiger charge is 2.38. The predicted molar refractivity (Wildman–Crippen MR) is 84.1 cm³/mol. The maximum Gasteiger partial charge on any atom is 0.241 e. The Bertz CT molecular complexity index is 472. The summed E-state index contributed by atoms with van der Waals surface area (Å²) in [6.07, 6.45) is 1.88. The van der Waals surface area contributed by atoms with Gasteiger partial charge in [-0.25, -0.2) is 0 Å². The van der Waals surface area contributed by atoms with Gasteiger partial charge in [-0.1, -0.05) is 39.3 Å². The van der Waals surface area contributed by atoms with Crippen LogP contribution in [0, 0.1) is 5.92 Å². The van der Waals surface area contributed by atoms with Crippen molar-refractivity contribution in [1.29, 1.82) is 0 Å². The zero-order valence-corrected chi connectivity index (χ0v) is 13.4. The standard InChI is InChI=1S/C17H26N2O2/c1-5-12(3)11-19-16(18-15(6-2)17(19)20)13-7-9-14(21-4)10-8-13/h7-10,12,15-16,18H,5-6,11H2,1-4H3.